The zero-order valence-electron chi connectivity index (χ0n) is 13.8. The second-order valence-corrected chi connectivity index (χ2v) is 5.16. The van der Waals surface area contributed by atoms with Crippen molar-refractivity contribution >= 4 is 17.6 Å². The molecule has 6 nitrogen and oxygen atoms in total. The van der Waals surface area contributed by atoms with Crippen LogP contribution < -0.4 is 10.1 Å². The number of ether oxygens (including phenoxy) is 2. The third kappa shape index (κ3) is 5.66. The predicted molar refractivity (Wildman–Crippen MR) is 92.1 cm³/mol. The zero-order chi connectivity index (χ0) is 18.1. The summed E-state index contributed by atoms with van der Waals surface area (Å²) in [5.41, 5.74) is 1.81. The summed E-state index contributed by atoms with van der Waals surface area (Å²) in [7, 11) is 0. The number of aryl methyl sites for hydroxylation is 1. The molecule has 128 valence electrons. The van der Waals surface area contributed by atoms with Crippen molar-refractivity contribution in [1.82, 2.24) is 0 Å². The van der Waals surface area contributed by atoms with E-state index in [-0.39, 0.29) is 6.61 Å². The molecule has 0 bridgehead atoms. The van der Waals surface area contributed by atoms with E-state index in [0.717, 1.165) is 12.0 Å². The molecular weight excluding hydrogens is 320 g/mol. The van der Waals surface area contributed by atoms with Crippen LogP contribution in [0.3, 0.4) is 0 Å². The number of nitriles is 1. The minimum Gasteiger partial charge on any atom is -0.482 e. The quantitative estimate of drug-likeness (QED) is 0.784. The van der Waals surface area contributed by atoms with Crippen molar-refractivity contribution in [3.63, 3.8) is 0 Å². The summed E-state index contributed by atoms with van der Waals surface area (Å²) >= 11 is 0. The van der Waals surface area contributed by atoms with Gasteiger partial charge in [0.1, 0.15) is 11.8 Å². The van der Waals surface area contributed by atoms with Gasteiger partial charge < -0.3 is 14.8 Å². The van der Waals surface area contributed by atoms with E-state index in [0.29, 0.717) is 17.0 Å². The van der Waals surface area contributed by atoms with Crippen molar-refractivity contribution in [2.24, 2.45) is 0 Å². The predicted octanol–water partition coefficient (Wildman–Crippen LogP) is 2.68. The van der Waals surface area contributed by atoms with Crippen molar-refractivity contribution in [3.8, 4) is 11.8 Å². The molecule has 0 saturated carbocycles. The van der Waals surface area contributed by atoms with Gasteiger partial charge >= 0.3 is 5.97 Å². The zero-order valence-corrected chi connectivity index (χ0v) is 13.8. The number of para-hydroxylation sites is 1. The Kier molecular flexibility index (Phi) is 6.55. The molecule has 25 heavy (non-hydrogen) atoms. The number of hydrogen-bond acceptors (Lipinski definition) is 5. The highest BCUT2D eigenvalue weighted by Gasteiger charge is 2.10. The molecule has 2 rings (SSSR count). The Balaban J connectivity index is 1.77. The van der Waals surface area contributed by atoms with E-state index >= 15 is 0 Å². The fourth-order valence-corrected chi connectivity index (χ4v) is 2.06. The molecule has 0 heterocycles. The van der Waals surface area contributed by atoms with E-state index in [4.69, 9.17) is 14.7 Å². The van der Waals surface area contributed by atoms with Gasteiger partial charge in [-0.3, -0.25) is 4.79 Å². The number of rotatable bonds is 7. The maximum Gasteiger partial charge on any atom is 0.344 e. The van der Waals surface area contributed by atoms with E-state index in [1.54, 1.807) is 30.3 Å². The molecule has 0 unspecified atom stereocenters. The average Bonchev–Trinajstić information content (AvgIpc) is 2.65. The van der Waals surface area contributed by atoms with Gasteiger partial charge in [0, 0.05) is 0 Å². The second kappa shape index (κ2) is 9.08. The summed E-state index contributed by atoms with van der Waals surface area (Å²) in [6.07, 6.45) is 0.867. The first kappa shape index (κ1) is 18.0. The minimum atomic E-state index is -0.648. The van der Waals surface area contributed by atoms with Gasteiger partial charge in [0.05, 0.1) is 11.3 Å². The van der Waals surface area contributed by atoms with Crippen LogP contribution in [0.15, 0.2) is 48.5 Å². The minimum absolute atomic E-state index is 0.283. The number of carbonyl (C=O) groups excluding carboxylic acids is 2. The highest BCUT2D eigenvalue weighted by molar-refractivity contribution is 5.94. The molecule has 0 radical (unpaired) electrons. The molecule has 0 aliphatic rings. The number of amides is 1. The Morgan fingerprint density at radius 3 is 2.68 bits per heavy atom. The normalized spacial score (nSPS) is 9.76. The summed E-state index contributed by atoms with van der Waals surface area (Å²) in [6, 6.07) is 16.0. The number of anilines is 1. The number of benzene rings is 2. The molecule has 0 saturated heterocycles. The first-order valence-electron chi connectivity index (χ1n) is 7.78. The number of nitrogens with zero attached hydrogens (tertiary/aromatic N) is 1. The molecular formula is C19H18N2O4. The Hall–Kier alpha value is -3.33. The average molecular weight is 338 g/mol. The van der Waals surface area contributed by atoms with Gasteiger partial charge in [-0.05, 0) is 36.2 Å². The van der Waals surface area contributed by atoms with Crippen LogP contribution in [0, 0.1) is 11.3 Å². The molecule has 0 aromatic heterocycles. The van der Waals surface area contributed by atoms with Gasteiger partial charge in [-0.2, -0.15) is 5.26 Å². The van der Waals surface area contributed by atoms with Crippen LogP contribution in [0.4, 0.5) is 5.69 Å². The molecule has 0 fully saturated rings. The highest BCUT2D eigenvalue weighted by atomic mass is 16.6. The molecule has 2 aromatic carbocycles. The third-order valence-corrected chi connectivity index (χ3v) is 3.35. The largest absolute Gasteiger partial charge is 0.482 e. The molecule has 1 N–H and O–H groups in total. The standard InChI is InChI=1S/C19H18N2O4/c1-2-14-6-5-8-16(10-14)24-13-19(23)25-12-18(22)21-17-9-4-3-7-15(17)11-20/h3-10H,2,12-13H2,1H3,(H,21,22). The third-order valence-electron chi connectivity index (χ3n) is 3.35. The van der Waals surface area contributed by atoms with E-state index < -0.39 is 18.5 Å². The van der Waals surface area contributed by atoms with Crippen LogP contribution in [0.2, 0.25) is 0 Å². The molecule has 1 amide bonds. The lowest BCUT2D eigenvalue weighted by Gasteiger charge is -2.09. The van der Waals surface area contributed by atoms with Gasteiger partial charge in [0.25, 0.3) is 5.91 Å². The maximum atomic E-state index is 11.8. The van der Waals surface area contributed by atoms with Gasteiger partial charge in [-0.1, -0.05) is 31.2 Å². The van der Waals surface area contributed by atoms with Gasteiger partial charge in [-0.25, -0.2) is 4.79 Å². The second-order valence-electron chi connectivity index (χ2n) is 5.16. The van der Waals surface area contributed by atoms with E-state index in [2.05, 4.69) is 5.32 Å². The van der Waals surface area contributed by atoms with Crippen molar-refractivity contribution in [2.45, 2.75) is 13.3 Å². The number of nitrogens with one attached hydrogen (secondary N) is 1. The summed E-state index contributed by atoms with van der Waals surface area (Å²) in [5.74, 6) is -0.599. The Morgan fingerprint density at radius 2 is 1.92 bits per heavy atom. The van der Waals surface area contributed by atoms with Crippen molar-refractivity contribution in [2.75, 3.05) is 18.5 Å². The SMILES string of the molecule is CCc1cccc(OCC(=O)OCC(=O)Nc2ccccc2C#N)c1. The van der Waals surface area contributed by atoms with E-state index in [1.807, 2.05) is 31.2 Å². The van der Waals surface area contributed by atoms with Gasteiger partial charge in [0.2, 0.25) is 0 Å². The smallest absolute Gasteiger partial charge is 0.344 e. The first-order valence-corrected chi connectivity index (χ1v) is 7.78. The Labute approximate surface area is 146 Å². The summed E-state index contributed by atoms with van der Waals surface area (Å²) in [5, 5.41) is 11.5. The molecule has 0 spiro atoms. The Bertz CT molecular complexity index is 796. The van der Waals surface area contributed by atoms with Crippen molar-refractivity contribution in [3.05, 3.63) is 59.7 Å². The molecule has 0 aliphatic carbocycles. The van der Waals surface area contributed by atoms with E-state index in [9.17, 15) is 9.59 Å². The summed E-state index contributed by atoms with van der Waals surface area (Å²) in [6.45, 7) is 1.29. The monoisotopic (exact) mass is 338 g/mol. The van der Waals surface area contributed by atoms with Gasteiger partial charge in [0.15, 0.2) is 13.2 Å². The van der Waals surface area contributed by atoms with Crippen LogP contribution in [-0.2, 0) is 20.7 Å². The fourth-order valence-electron chi connectivity index (χ4n) is 2.06. The topological polar surface area (TPSA) is 88.4 Å². The molecule has 6 heteroatoms. The van der Waals surface area contributed by atoms with Crippen LogP contribution in [0.25, 0.3) is 0 Å². The molecule has 2 aromatic rings. The van der Waals surface area contributed by atoms with E-state index in [1.165, 1.54) is 0 Å². The van der Waals surface area contributed by atoms with Crippen LogP contribution in [0.5, 0.6) is 5.75 Å². The Morgan fingerprint density at radius 1 is 1.12 bits per heavy atom. The van der Waals surface area contributed by atoms with Crippen molar-refractivity contribution in [1.29, 1.82) is 5.26 Å². The molecule has 0 aliphatic heterocycles. The van der Waals surface area contributed by atoms with Crippen LogP contribution >= 0.6 is 0 Å². The summed E-state index contributed by atoms with van der Waals surface area (Å²) < 4.78 is 10.2. The number of carbonyl (C=O) groups is 2. The van der Waals surface area contributed by atoms with Gasteiger partial charge in [-0.15, -0.1) is 0 Å². The van der Waals surface area contributed by atoms with Crippen LogP contribution in [0.1, 0.15) is 18.1 Å². The first-order chi connectivity index (χ1) is 12.1. The van der Waals surface area contributed by atoms with Crippen molar-refractivity contribution < 1.29 is 19.1 Å². The lowest BCUT2D eigenvalue weighted by atomic mass is 10.2. The highest BCUT2D eigenvalue weighted by Crippen LogP contribution is 2.14. The molecule has 0 atom stereocenters. The lowest BCUT2D eigenvalue weighted by Crippen LogP contribution is -2.24. The van der Waals surface area contributed by atoms with Crippen LogP contribution in [-0.4, -0.2) is 25.1 Å². The summed E-state index contributed by atoms with van der Waals surface area (Å²) in [4.78, 5) is 23.5. The number of esters is 1. The lowest BCUT2D eigenvalue weighted by molar-refractivity contribution is -0.149. The maximum absolute atomic E-state index is 11.8. The number of hydrogen-bond donors (Lipinski definition) is 1. The fraction of sp³-hybridized carbons (Fsp3) is 0.211.